The molecule has 3 saturated carbocycles. The van der Waals surface area contributed by atoms with Gasteiger partial charge >= 0.3 is 0 Å². The number of nitrogens with two attached hydrogens (primary N) is 1. The van der Waals surface area contributed by atoms with Gasteiger partial charge in [-0.25, -0.2) is 0 Å². The zero-order chi connectivity index (χ0) is 22.7. The smallest absolute Gasteiger partial charge is 0.145 e. The number of benzene rings is 1. The molecule has 6 unspecified atom stereocenters. The number of aryl methyl sites for hydroxylation is 1. The molecule has 0 spiro atoms. The molecule has 3 heteroatoms. The summed E-state index contributed by atoms with van der Waals surface area (Å²) in [6.45, 7) is 13.6. The number of hydrogen-bond acceptors (Lipinski definition) is 2. The highest BCUT2D eigenvalue weighted by Crippen LogP contribution is 2.67. The molecule has 2 nitrogen and oxygen atoms in total. The largest absolute Gasteiger partial charge is 0.388 e. The van der Waals surface area contributed by atoms with Crippen molar-refractivity contribution >= 4 is 6.71 Å². The molecule has 3 aliphatic carbocycles. The van der Waals surface area contributed by atoms with Crippen molar-refractivity contribution < 1.29 is 0 Å². The quantitative estimate of drug-likeness (QED) is 0.280. The fourth-order valence-electron chi connectivity index (χ4n) is 7.58. The van der Waals surface area contributed by atoms with Crippen LogP contribution in [0, 0.1) is 29.1 Å². The first-order valence-corrected chi connectivity index (χ1v) is 13.6. The third-order valence-corrected chi connectivity index (χ3v) is 9.91. The van der Waals surface area contributed by atoms with Crippen LogP contribution >= 0.6 is 0 Å². The highest BCUT2D eigenvalue weighted by Gasteiger charge is 2.60. The standard InChI is InChI=1S/C29H47BN2/c1-5-6-8-13-28(31)21(2)32-20-25(15-14-22-11-9-7-10-12-22)30-18-23-16-24-17-27(26(23)19-30)29(24,3)4/h7,9-12,23-28,32H,2,5-6,8,13-20,31H2,1,3-4H3. The third-order valence-electron chi connectivity index (χ3n) is 9.91. The molecule has 1 aromatic rings. The van der Waals surface area contributed by atoms with Crippen LogP contribution in [-0.4, -0.2) is 19.3 Å². The van der Waals surface area contributed by atoms with Crippen molar-refractivity contribution in [3.05, 3.63) is 48.2 Å². The summed E-state index contributed by atoms with van der Waals surface area (Å²) in [6.07, 6.45) is 13.2. The Kier molecular flexibility index (Phi) is 7.75. The molecule has 1 saturated heterocycles. The third kappa shape index (κ3) is 5.13. The van der Waals surface area contributed by atoms with Crippen LogP contribution in [0.15, 0.2) is 42.6 Å². The van der Waals surface area contributed by atoms with Crippen LogP contribution in [0.3, 0.4) is 0 Å². The van der Waals surface area contributed by atoms with Crippen LogP contribution in [0.5, 0.6) is 0 Å². The molecule has 5 rings (SSSR count). The molecule has 4 fully saturated rings. The van der Waals surface area contributed by atoms with Gasteiger partial charge in [0.1, 0.15) is 6.71 Å². The predicted octanol–water partition coefficient (Wildman–Crippen LogP) is 6.81. The Morgan fingerprint density at radius 1 is 1.16 bits per heavy atom. The average molecular weight is 435 g/mol. The zero-order valence-electron chi connectivity index (χ0n) is 21.0. The molecular formula is C29H47BN2. The highest BCUT2D eigenvalue weighted by atomic mass is 14.9. The van der Waals surface area contributed by atoms with E-state index in [4.69, 9.17) is 5.73 Å². The van der Waals surface area contributed by atoms with Gasteiger partial charge in [-0.1, -0.05) is 96.0 Å². The van der Waals surface area contributed by atoms with Gasteiger partial charge in [-0.05, 0) is 66.2 Å². The number of rotatable bonds is 12. The van der Waals surface area contributed by atoms with Crippen molar-refractivity contribution in [3.63, 3.8) is 0 Å². The van der Waals surface area contributed by atoms with Gasteiger partial charge in [-0.3, -0.25) is 0 Å². The summed E-state index contributed by atoms with van der Waals surface area (Å²) in [5.41, 5.74) is 9.59. The number of unbranched alkanes of at least 4 members (excludes halogenated alkanes) is 2. The van der Waals surface area contributed by atoms with Crippen LogP contribution in [0.4, 0.5) is 0 Å². The van der Waals surface area contributed by atoms with Crippen LogP contribution in [0.2, 0.25) is 18.5 Å². The predicted molar refractivity (Wildman–Crippen MR) is 140 cm³/mol. The summed E-state index contributed by atoms with van der Waals surface area (Å²) in [4.78, 5) is 0. The van der Waals surface area contributed by atoms with Crippen molar-refractivity contribution in [2.45, 2.75) is 96.6 Å². The Morgan fingerprint density at radius 3 is 2.66 bits per heavy atom. The van der Waals surface area contributed by atoms with E-state index in [1.165, 1.54) is 63.1 Å². The highest BCUT2D eigenvalue weighted by molar-refractivity contribution is 6.61. The van der Waals surface area contributed by atoms with Crippen LogP contribution < -0.4 is 11.1 Å². The summed E-state index contributed by atoms with van der Waals surface area (Å²) < 4.78 is 0. The van der Waals surface area contributed by atoms with E-state index in [-0.39, 0.29) is 6.04 Å². The van der Waals surface area contributed by atoms with Crippen LogP contribution in [0.25, 0.3) is 0 Å². The lowest BCUT2D eigenvalue weighted by atomic mass is 9.38. The maximum absolute atomic E-state index is 6.45. The van der Waals surface area contributed by atoms with E-state index in [2.05, 4.69) is 63.0 Å². The van der Waals surface area contributed by atoms with E-state index in [0.717, 1.165) is 54.9 Å². The van der Waals surface area contributed by atoms with Gasteiger partial charge in [0.2, 0.25) is 0 Å². The van der Waals surface area contributed by atoms with Gasteiger partial charge < -0.3 is 11.1 Å². The molecule has 2 bridgehead atoms. The molecular weight excluding hydrogens is 387 g/mol. The molecule has 0 radical (unpaired) electrons. The SMILES string of the molecule is C=C(NCC(CCc1ccccc1)B1CC2CC3CC(C2C1)C3(C)C)C(N)CCCCC. The molecule has 0 amide bonds. The topological polar surface area (TPSA) is 38.0 Å². The summed E-state index contributed by atoms with van der Waals surface area (Å²) >= 11 is 0. The Bertz CT molecular complexity index is 745. The Balaban J connectivity index is 1.36. The molecule has 32 heavy (non-hydrogen) atoms. The normalized spacial score (nSPS) is 29.7. The summed E-state index contributed by atoms with van der Waals surface area (Å²) in [5.74, 6) is 4.69. The second-order valence-electron chi connectivity index (χ2n) is 12.0. The average Bonchev–Trinajstić information content (AvgIpc) is 3.23. The fraction of sp³-hybridized carbons (Fsp3) is 0.724. The summed E-state index contributed by atoms with van der Waals surface area (Å²) in [7, 11) is 0. The van der Waals surface area contributed by atoms with E-state index in [0.29, 0.717) is 5.41 Å². The Morgan fingerprint density at radius 2 is 1.94 bits per heavy atom. The van der Waals surface area contributed by atoms with Crippen molar-refractivity contribution in [1.29, 1.82) is 0 Å². The maximum atomic E-state index is 6.45. The van der Waals surface area contributed by atoms with Crippen molar-refractivity contribution in [1.82, 2.24) is 5.32 Å². The van der Waals surface area contributed by atoms with Gasteiger partial charge in [0.25, 0.3) is 0 Å². The Hall–Kier alpha value is -1.22. The first kappa shape index (κ1) is 23.9. The van der Waals surface area contributed by atoms with Gasteiger partial charge in [0.15, 0.2) is 0 Å². The Labute approximate surface area is 198 Å². The fourth-order valence-corrected chi connectivity index (χ4v) is 7.58. The molecule has 1 aliphatic heterocycles. The molecule has 0 aromatic heterocycles. The minimum Gasteiger partial charge on any atom is -0.388 e. The maximum Gasteiger partial charge on any atom is 0.145 e. The van der Waals surface area contributed by atoms with Gasteiger partial charge in [-0.15, -0.1) is 0 Å². The van der Waals surface area contributed by atoms with Gasteiger partial charge in [-0.2, -0.15) is 0 Å². The second kappa shape index (κ2) is 10.4. The summed E-state index contributed by atoms with van der Waals surface area (Å²) in [6, 6.07) is 11.2. The van der Waals surface area contributed by atoms with E-state index in [9.17, 15) is 0 Å². The van der Waals surface area contributed by atoms with Crippen LogP contribution in [0.1, 0.15) is 71.3 Å². The van der Waals surface area contributed by atoms with Gasteiger partial charge in [0.05, 0.1) is 0 Å². The molecule has 4 aliphatic rings. The van der Waals surface area contributed by atoms with E-state index in [1.54, 1.807) is 0 Å². The lowest BCUT2D eigenvalue weighted by molar-refractivity contribution is -0.120. The number of nitrogens with one attached hydrogen (secondary N) is 1. The van der Waals surface area contributed by atoms with Crippen LogP contribution in [-0.2, 0) is 6.42 Å². The molecule has 176 valence electrons. The monoisotopic (exact) mass is 434 g/mol. The summed E-state index contributed by atoms with van der Waals surface area (Å²) in [5, 5.41) is 3.72. The van der Waals surface area contributed by atoms with Crippen molar-refractivity contribution in [2.24, 2.45) is 34.8 Å². The second-order valence-corrected chi connectivity index (χ2v) is 12.0. The first-order chi connectivity index (χ1) is 15.4. The zero-order valence-corrected chi connectivity index (χ0v) is 21.0. The van der Waals surface area contributed by atoms with Crippen molar-refractivity contribution in [3.8, 4) is 0 Å². The lowest BCUT2D eigenvalue weighted by Gasteiger charge is -2.62. The van der Waals surface area contributed by atoms with E-state index in [1.807, 2.05) is 0 Å². The first-order valence-electron chi connectivity index (χ1n) is 13.6. The lowest BCUT2D eigenvalue weighted by Crippen LogP contribution is -2.54. The molecule has 1 heterocycles. The minimum atomic E-state index is 0.0931. The molecule has 3 N–H and O–H groups in total. The molecule has 1 aromatic carbocycles. The van der Waals surface area contributed by atoms with E-state index < -0.39 is 0 Å². The molecule has 6 atom stereocenters. The van der Waals surface area contributed by atoms with Crippen molar-refractivity contribution in [2.75, 3.05) is 6.54 Å². The van der Waals surface area contributed by atoms with Gasteiger partial charge in [0, 0.05) is 18.3 Å². The number of hydrogen-bond donors (Lipinski definition) is 2. The minimum absolute atomic E-state index is 0.0931. The van der Waals surface area contributed by atoms with E-state index >= 15 is 0 Å².